The van der Waals surface area contributed by atoms with Crippen LogP contribution >= 0.6 is 46.9 Å². The van der Waals surface area contributed by atoms with Gasteiger partial charge in [0.1, 0.15) is 0 Å². The molecule has 0 heterocycles. The van der Waals surface area contributed by atoms with E-state index < -0.39 is 46.9 Å². The molecule has 0 aliphatic rings. The molecule has 0 atom stereocenters. The van der Waals surface area contributed by atoms with Crippen molar-refractivity contribution in [2.45, 2.75) is 0 Å². The van der Waals surface area contributed by atoms with Crippen molar-refractivity contribution >= 4 is 46.9 Å². The maximum Gasteiger partial charge on any atom is 2.00 e. The van der Waals surface area contributed by atoms with Crippen LogP contribution in [-0.2, 0) is 203 Å². The second-order valence-corrected chi connectivity index (χ2v) is 8.05. The first-order valence-corrected chi connectivity index (χ1v) is 13.1. The van der Waals surface area contributed by atoms with E-state index in [0.717, 1.165) is 0 Å². The fourth-order valence-electron chi connectivity index (χ4n) is 0. The van der Waals surface area contributed by atoms with Gasteiger partial charge in [0.05, 0.1) is 0 Å². The van der Waals surface area contributed by atoms with E-state index in [1.165, 1.54) is 0 Å². The summed E-state index contributed by atoms with van der Waals surface area (Å²) >= 11 is 0. The first-order valence-electron chi connectivity index (χ1n) is 4.38. The summed E-state index contributed by atoms with van der Waals surface area (Å²) in [6.45, 7) is 0. The van der Waals surface area contributed by atoms with E-state index in [1.54, 1.807) is 0 Å². The number of rotatable bonds is 0. The van der Waals surface area contributed by atoms with Gasteiger partial charge in [-0.25, -0.2) is 0 Å². The smallest absolute Gasteiger partial charge is 0.822 e. The van der Waals surface area contributed by atoms with Crippen molar-refractivity contribution in [3.63, 3.8) is 0 Å². The van der Waals surface area contributed by atoms with Crippen molar-refractivity contribution in [2.24, 2.45) is 0 Å². The third kappa shape index (κ3) is 2010. The molecule has 0 aromatic heterocycles. The fraction of sp³-hybridized carbons (Fsp3) is 0. The van der Waals surface area contributed by atoms with Crippen LogP contribution in [0.1, 0.15) is 0 Å². The van der Waals surface area contributed by atoms with Crippen LogP contribution in [0, 0.1) is 0 Å². The summed E-state index contributed by atoms with van der Waals surface area (Å²) in [5.74, 6) is 0. The third-order valence-corrected chi connectivity index (χ3v) is 0. The molecule has 0 aromatic rings. The average molecular weight is 1160 g/mol. The standard InChI is InChI=1S/6H3O4P.9Zn/c6*1-5(2,3)4;;;;;;;;;/h6*(H3,1,2,3,4);;;;;;;;;/q;;;;;;9*+2/p-18. The maximum atomic E-state index is 8.55. The van der Waals surface area contributed by atoms with Gasteiger partial charge >= 0.3 is 175 Å². The van der Waals surface area contributed by atoms with Crippen LogP contribution < -0.4 is 88.1 Å². The van der Waals surface area contributed by atoms with E-state index in [-0.39, 0.29) is 175 Å². The van der Waals surface area contributed by atoms with E-state index >= 15 is 0 Å². The van der Waals surface area contributed by atoms with Gasteiger partial charge < -0.3 is 115 Å². The van der Waals surface area contributed by atoms with E-state index in [2.05, 4.69) is 0 Å². The Kier molecular flexibility index (Phi) is 115. The monoisotopic (exact) mass is 1150 g/mol. The zero-order valence-corrected chi connectivity index (χ0v) is 50.9. The third-order valence-electron chi connectivity index (χ3n) is 0. The molecule has 0 spiro atoms. The Hall–Kier alpha value is 6.27. The van der Waals surface area contributed by atoms with E-state index in [1.807, 2.05) is 0 Å². The summed E-state index contributed by atoms with van der Waals surface area (Å²) in [7, 11) is -32.3. The Balaban J connectivity index is -0.0000000130. The van der Waals surface area contributed by atoms with Gasteiger partial charge in [0.25, 0.3) is 0 Å². The van der Waals surface area contributed by atoms with Crippen molar-refractivity contribution < 1.29 is 291 Å². The molecule has 0 fully saturated rings. The molecule has 0 aliphatic heterocycles. The molecule has 0 saturated heterocycles. The zero-order valence-electron chi connectivity index (χ0n) is 18.8. The van der Waals surface area contributed by atoms with Crippen LogP contribution in [0.4, 0.5) is 0 Å². The molecule has 0 N–H and O–H groups in total. The molecular formula is O24P6Zn9. The molecule has 0 unspecified atom stereocenters. The van der Waals surface area contributed by atoms with E-state index in [4.69, 9.17) is 115 Å². The van der Waals surface area contributed by atoms with Gasteiger partial charge in [-0.3, -0.25) is 0 Å². The Morgan fingerprint density at radius 2 is 0.179 bits per heavy atom. The first kappa shape index (κ1) is 96.8. The van der Waals surface area contributed by atoms with Crippen molar-refractivity contribution in [3.8, 4) is 0 Å². The normalized spacial score (nSPS) is 9.08. The van der Waals surface area contributed by atoms with Crippen molar-refractivity contribution in [1.29, 1.82) is 0 Å². The second kappa shape index (κ2) is 46.4. The quantitative estimate of drug-likeness (QED) is 0.160. The predicted molar refractivity (Wildman–Crippen MR) is 45.6 cm³/mol. The minimum Gasteiger partial charge on any atom is -0.822 e. The van der Waals surface area contributed by atoms with Crippen LogP contribution in [0.25, 0.3) is 0 Å². The molecule has 0 rings (SSSR count). The van der Waals surface area contributed by atoms with Gasteiger partial charge in [-0.15, -0.1) is 0 Å². The summed E-state index contributed by atoms with van der Waals surface area (Å²) in [5.41, 5.74) is 0. The molecule has 192 valence electrons. The van der Waals surface area contributed by atoms with Crippen LogP contribution in [0.5, 0.6) is 0 Å². The van der Waals surface area contributed by atoms with Gasteiger partial charge in [-0.2, -0.15) is 46.9 Å². The topological polar surface area (TPSA) is 518 Å². The predicted octanol–water partition coefficient (Wildman–Crippen LogP) is -17.0. The van der Waals surface area contributed by atoms with Gasteiger partial charge in [0.2, 0.25) is 0 Å². The molecule has 0 aliphatic carbocycles. The minimum atomic E-state index is -5.39. The Morgan fingerprint density at radius 1 is 0.179 bits per heavy atom. The number of hydrogen-bond donors (Lipinski definition) is 0. The minimum absolute atomic E-state index is 0. The Labute approximate surface area is 333 Å². The molecule has 0 bridgehead atoms. The van der Waals surface area contributed by atoms with Crippen LogP contribution in [0.3, 0.4) is 0 Å². The van der Waals surface area contributed by atoms with Gasteiger partial charge in [0.15, 0.2) is 0 Å². The average Bonchev–Trinajstić information content (AvgIpc) is 1.94. The van der Waals surface area contributed by atoms with Gasteiger partial charge in [-0.05, 0) is 0 Å². The summed E-state index contributed by atoms with van der Waals surface area (Å²) in [5, 5.41) is 0. The summed E-state index contributed by atoms with van der Waals surface area (Å²) in [4.78, 5) is 154. The summed E-state index contributed by atoms with van der Waals surface area (Å²) in [6, 6.07) is 0. The van der Waals surface area contributed by atoms with Crippen LogP contribution in [-0.4, -0.2) is 0 Å². The summed E-state index contributed by atoms with van der Waals surface area (Å²) < 4.78 is 51.3. The van der Waals surface area contributed by atoms with Crippen molar-refractivity contribution in [2.75, 3.05) is 0 Å². The molecule has 39 heteroatoms. The van der Waals surface area contributed by atoms with Crippen LogP contribution in [0.2, 0.25) is 0 Å². The molecule has 39 heavy (non-hydrogen) atoms. The molecule has 0 amide bonds. The largest absolute Gasteiger partial charge is 2.00 e. The maximum absolute atomic E-state index is 8.55. The van der Waals surface area contributed by atoms with Gasteiger partial charge in [-0.1, -0.05) is 0 Å². The van der Waals surface area contributed by atoms with E-state index in [9.17, 15) is 0 Å². The van der Waals surface area contributed by atoms with E-state index in [0.29, 0.717) is 0 Å². The Morgan fingerprint density at radius 3 is 0.179 bits per heavy atom. The fourth-order valence-corrected chi connectivity index (χ4v) is 0. The van der Waals surface area contributed by atoms with Crippen molar-refractivity contribution in [3.05, 3.63) is 0 Å². The SMILES string of the molecule is O=P([O-])([O-])[O-].O=P([O-])([O-])[O-].O=P([O-])([O-])[O-].O=P([O-])([O-])[O-].O=P([O-])([O-])[O-].O=P([O-])([O-])[O-].[Zn+2].[Zn+2].[Zn+2].[Zn+2].[Zn+2].[Zn+2].[Zn+2].[Zn+2].[Zn+2]. The molecular weight excluding hydrogens is 1160 g/mol. The summed E-state index contributed by atoms with van der Waals surface area (Å²) in [6.07, 6.45) is 0. The van der Waals surface area contributed by atoms with Crippen LogP contribution in [0.15, 0.2) is 0 Å². The first-order chi connectivity index (χ1) is 12.0. The molecule has 24 nitrogen and oxygen atoms in total. The number of phosphoric acid groups is 6. The number of hydrogen-bond acceptors (Lipinski definition) is 24. The molecule has 0 radical (unpaired) electrons. The second-order valence-electron chi connectivity index (χ2n) is 2.68. The van der Waals surface area contributed by atoms with Gasteiger partial charge in [0, 0.05) is 0 Å². The molecule has 0 saturated carbocycles. The Bertz CT molecular complexity index is 484. The zero-order chi connectivity index (χ0) is 27.0. The van der Waals surface area contributed by atoms with Crippen molar-refractivity contribution in [1.82, 2.24) is 0 Å². The molecule has 0 aromatic carbocycles.